The highest BCUT2D eigenvalue weighted by Gasteiger charge is 2.29. The number of guanidine groups is 1. The standard InChI is InChI=1S/C16H25F3N4OS/c1-3-20-15(22-8-4-5-10-25-2)23-11-13-7-6-9-21-14(13)24-12-16(17,18)19/h6-7,9H,3-5,8,10-12H2,1-2H3,(H2,20,22,23). The van der Waals surface area contributed by atoms with E-state index < -0.39 is 12.8 Å². The highest BCUT2D eigenvalue weighted by molar-refractivity contribution is 7.98. The van der Waals surface area contributed by atoms with E-state index in [-0.39, 0.29) is 12.4 Å². The molecule has 0 amide bonds. The van der Waals surface area contributed by atoms with Gasteiger partial charge in [-0.3, -0.25) is 0 Å². The van der Waals surface area contributed by atoms with Gasteiger partial charge < -0.3 is 15.4 Å². The number of thioether (sulfide) groups is 1. The summed E-state index contributed by atoms with van der Waals surface area (Å²) in [5.41, 5.74) is 0.506. The monoisotopic (exact) mass is 378 g/mol. The minimum absolute atomic E-state index is 0.0422. The number of nitrogens with zero attached hydrogens (tertiary/aromatic N) is 2. The van der Waals surface area contributed by atoms with E-state index >= 15 is 0 Å². The summed E-state index contributed by atoms with van der Waals surface area (Å²) >= 11 is 1.81. The molecule has 1 aromatic heterocycles. The first kappa shape index (κ1) is 21.4. The Morgan fingerprint density at radius 2 is 2.12 bits per heavy atom. The molecule has 25 heavy (non-hydrogen) atoms. The molecule has 0 spiro atoms. The Morgan fingerprint density at radius 3 is 2.80 bits per heavy atom. The number of rotatable bonds is 10. The second kappa shape index (κ2) is 11.8. The molecule has 1 rings (SSSR count). The van der Waals surface area contributed by atoms with Crippen molar-refractivity contribution in [1.29, 1.82) is 0 Å². The number of unbranched alkanes of at least 4 members (excludes halogenated alkanes) is 1. The summed E-state index contributed by atoms with van der Waals surface area (Å²) in [6.07, 6.45) is 1.22. The van der Waals surface area contributed by atoms with Crippen LogP contribution in [0.5, 0.6) is 5.88 Å². The van der Waals surface area contributed by atoms with Gasteiger partial charge in [-0.25, -0.2) is 9.98 Å². The number of hydrogen-bond donors (Lipinski definition) is 2. The third-order valence-corrected chi connectivity index (χ3v) is 3.74. The molecule has 0 saturated heterocycles. The van der Waals surface area contributed by atoms with Crippen molar-refractivity contribution >= 4 is 17.7 Å². The number of aromatic nitrogens is 1. The lowest BCUT2D eigenvalue weighted by Crippen LogP contribution is -2.37. The first-order valence-electron chi connectivity index (χ1n) is 8.10. The lowest BCUT2D eigenvalue weighted by Gasteiger charge is -2.13. The molecule has 9 heteroatoms. The van der Waals surface area contributed by atoms with Crippen LogP contribution in [-0.2, 0) is 6.54 Å². The second-order valence-electron chi connectivity index (χ2n) is 5.19. The molecule has 5 nitrogen and oxygen atoms in total. The molecule has 0 unspecified atom stereocenters. The van der Waals surface area contributed by atoms with Gasteiger partial charge in [0.2, 0.25) is 5.88 Å². The van der Waals surface area contributed by atoms with Gasteiger partial charge >= 0.3 is 6.18 Å². The Bertz CT molecular complexity index is 526. The maximum atomic E-state index is 12.3. The molecular formula is C16H25F3N4OS. The number of ether oxygens (including phenoxy) is 1. The first-order valence-corrected chi connectivity index (χ1v) is 9.50. The van der Waals surface area contributed by atoms with Crippen molar-refractivity contribution in [2.24, 2.45) is 4.99 Å². The molecule has 0 aliphatic carbocycles. The summed E-state index contributed by atoms with van der Waals surface area (Å²) in [6.45, 7) is 2.25. The lowest BCUT2D eigenvalue weighted by atomic mass is 10.3. The average Bonchev–Trinajstić information content (AvgIpc) is 2.57. The van der Waals surface area contributed by atoms with Crippen LogP contribution in [0.3, 0.4) is 0 Å². The Labute approximate surface area is 150 Å². The molecule has 142 valence electrons. The SMILES string of the molecule is CCNC(=NCc1cccnc1OCC(F)(F)F)NCCCCSC. The number of hydrogen-bond acceptors (Lipinski definition) is 4. The minimum Gasteiger partial charge on any atom is -0.468 e. The van der Waals surface area contributed by atoms with Crippen LogP contribution in [0, 0.1) is 0 Å². The smallest absolute Gasteiger partial charge is 0.422 e. The first-order chi connectivity index (χ1) is 12.0. The summed E-state index contributed by atoms with van der Waals surface area (Å²) in [5, 5.41) is 6.33. The fourth-order valence-corrected chi connectivity index (χ4v) is 2.40. The normalized spacial score (nSPS) is 12.1. The van der Waals surface area contributed by atoms with E-state index in [0.29, 0.717) is 18.1 Å². The molecule has 1 heterocycles. The fraction of sp³-hybridized carbons (Fsp3) is 0.625. The predicted octanol–water partition coefficient (Wildman–Crippen LogP) is 3.22. The molecule has 0 aromatic carbocycles. The van der Waals surface area contributed by atoms with E-state index in [9.17, 15) is 13.2 Å². The van der Waals surface area contributed by atoms with E-state index in [1.807, 2.05) is 18.7 Å². The number of alkyl halides is 3. The Hall–Kier alpha value is -1.64. The molecule has 0 saturated carbocycles. The van der Waals surface area contributed by atoms with E-state index in [4.69, 9.17) is 4.74 Å². The molecule has 0 fully saturated rings. The zero-order valence-corrected chi connectivity index (χ0v) is 15.3. The van der Waals surface area contributed by atoms with Gasteiger partial charge in [-0.2, -0.15) is 24.9 Å². The van der Waals surface area contributed by atoms with Crippen molar-refractivity contribution < 1.29 is 17.9 Å². The Morgan fingerprint density at radius 1 is 1.32 bits per heavy atom. The van der Waals surface area contributed by atoms with E-state index in [1.54, 1.807) is 12.1 Å². The van der Waals surface area contributed by atoms with Gasteiger partial charge in [0.1, 0.15) is 0 Å². The van der Waals surface area contributed by atoms with Crippen LogP contribution < -0.4 is 15.4 Å². The molecule has 0 aliphatic heterocycles. The molecule has 0 radical (unpaired) electrons. The number of pyridine rings is 1. The average molecular weight is 378 g/mol. The van der Waals surface area contributed by atoms with Gasteiger partial charge in [-0.1, -0.05) is 6.07 Å². The van der Waals surface area contributed by atoms with Gasteiger partial charge in [0, 0.05) is 24.8 Å². The predicted molar refractivity (Wildman–Crippen MR) is 96.2 cm³/mol. The van der Waals surface area contributed by atoms with Crippen molar-refractivity contribution in [2.75, 3.05) is 31.7 Å². The van der Waals surface area contributed by atoms with Crippen molar-refractivity contribution in [1.82, 2.24) is 15.6 Å². The van der Waals surface area contributed by atoms with Crippen LogP contribution in [0.4, 0.5) is 13.2 Å². The largest absolute Gasteiger partial charge is 0.468 e. The van der Waals surface area contributed by atoms with E-state index in [2.05, 4.69) is 26.9 Å². The zero-order valence-electron chi connectivity index (χ0n) is 14.5. The third kappa shape index (κ3) is 10.1. The van der Waals surface area contributed by atoms with Gasteiger partial charge in [0.15, 0.2) is 12.6 Å². The molecule has 0 aliphatic rings. The lowest BCUT2D eigenvalue weighted by molar-refractivity contribution is -0.154. The molecular weight excluding hydrogens is 353 g/mol. The van der Waals surface area contributed by atoms with Crippen molar-refractivity contribution in [3.63, 3.8) is 0 Å². The summed E-state index contributed by atoms with van der Waals surface area (Å²) in [6, 6.07) is 3.30. The van der Waals surface area contributed by atoms with Crippen LogP contribution in [-0.4, -0.2) is 48.8 Å². The van der Waals surface area contributed by atoms with Crippen LogP contribution in [0.15, 0.2) is 23.3 Å². The topological polar surface area (TPSA) is 58.5 Å². The summed E-state index contributed by atoms with van der Waals surface area (Å²) in [7, 11) is 0. The summed E-state index contributed by atoms with van der Waals surface area (Å²) < 4.78 is 41.7. The fourth-order valence-electron chi connectivity index (χ4n) is 1.91. The number of aliphatic imine (C=N–C) groups is 1. The summed E-state index contributed by atoms with van der Waals surface area (Å²) in [5.74, 6) is 1.70. The van der Waals surface area contributed by atoms with Crippen LogP contribution >= 0.6 is 11.8 Å². The number of nitrogens with one attached hydrogen (secondary N) is 2. The van der Waals surface area contributed by atoms with Crippen LogP contribution in [0.1, 0.15) is 25.3 Å². The second-order valence-corrected chi connectivity index (χ2v) is 6.18. The summed E-state index contributed by atoms with van der Waals surface area (Å²) in [4.78, 5) is 8.26. The number of halogens is 3. The highest BCUT2D eigenvalue weighted by atomic mass is 32.2. The highest BCUT2D eigenvalue weighted by Crippen LogP contribution is 2.20. The maximum Gasteiger partial charge on any atom is 0.422 e. The Balaban J connectivity index is 2.62. The molecule has 0 bridgehead atoms. The van der Waals surface area contributed by atoms with E-state index in [0.717, 1.165) is 25.1 Å². The third-order valence-electron chi connectivity index (χ3n) is 3.04. The molecule has 2 N–H and O–H groups in total. The molecule has 0 atom stereocenters. The minimum atomic E-state index is -4.40. The van der Waals surface area contributed by atoms with Crippen molar-refractivity contribution in [2.45, 2.75) is 32.5 Å². The van der Waals surface area contributed by atoms with Gasteiger partial charge in [-0.05, 0) is 37.8 Å². The zero-order chi connectivity index (χ0) is 18.5. The van der Waals surface area contributed by atoms with Gasteiger partial charge in [0.25, 0.3) is 0 Å². The maximum absolute atomic E-state index is 12.3. The van der Waals surface area contributed by atoms with Gasteiger partial charge in [0.05, 0.1) is 6.54 Å². The van der Waals surface area contributed by atoms with Gasteiger partial charge in [-0.15, -0.1) is 0 Å². The van der Waals surface area contributed by atoms with E-state index in [1.165, 1.54) is 6.20 Å². The van der Waals surface area contributed by atoms with Crippen LogP contribution in [0.2, 0.25) is 0 Å². The van der Waals surface area contributed by atoms with Crippen molar-refractivity contribution in [3.05, 3.63) is 23.9 Å². The van der Waals surface area contributed by atoms with Crippen LogP contribution in [0.25, 0.3) is 0 Å². The molecule has 1 aromatic rings. The Kier molecular flexibility index (Phi) is 10.1. The van der Waals surface area contributed by atoms with Crippen molar-refractivity contribution in [3.8, 4) is 5.88 Å². The quantitative estimate of drug-likeness (QED) is 0.372.